The fraction of sp³-hybridized carbons (Fsp3) is 0. The summed E-state index contributed by atoms with van der Waals surface area (Å²) < 4.78 is 1.71. The van der Waals surface area contributed by atoms with Crippen LogP contribution in [0.5, 0.6) is 0 Å². The molecule has 0 amide bonds. The second-order valence-electron chi connectivity index (χ2n) is 4.26. The Morgan fingerprint density at radius 3 is 1.95 bits per heavy atom. The van der Waals surface area contributed by atoms with Crippen LogP contribution in [0.25, 0.3) is 16.9 Å². The monoisotopic (exact) mass is 287 g/mol. The molecule has 2 aromatic carbocycles. The first-order chi connectivity index (χ1) is 9.22. The minimum absolute atomic E-state index is 0. The number of rotatable bonds is 2. The average Bonchev–Trinajstić information content (AvgIpc) is 2.90. The molecule has 20 heavy (non-hydrogen) atoms. The maximum absolute atomic E-state index is 5.66. The van der Waals surface area contributed by atoms with E-state index >= 15 is 0 Å². The van der Waals surface area contributed by atoms with Crippen LogP contribution in [-0.2, 0) is 0 Å². The van der Waals surface area contributed by atoms with Crippen LogP contribution in [0.2, 0.25) is 0 Å². The van der Waals surface area contributed by atoms with E-state index in [1.807, 2.05) is 54.7 Å². The number of hydrogen-bond acceptors (Lipinski definition) is 4. The van der Waals surface area contributed by atoms with Gasteiger partial charge in [0, 0.05) is 16.9 Å². The first-order valence-electron chi connectivity index (χ1n) is 5.86. The highest BCUT2D eigenvalue weighted by molar-refractivity contribution is 5.85. The molecule has 0 bridgehead atoms. The average molecular weight is 288 g/mol. The molecule has 0 unspecified atom stereocenters. The van der Waals surface area contributed by atoms with Crippen molar-refractivity contribution >= 4 is 23.8 Å². The molecule has 3 aromatic rings. The van der Waals surface area contributed by atoms with Crippen molar-refractivity contribution in [1.82, 2.24) is 15.0 Å². The van der Waals surface area contributed by atoms with Gasteiger partial charge in [0.05, 0.1) is 11.9 Å². The smallest absolute Gasteiger partial charge is 0.113 e. The van der Waals surface area contributed by atoms with Crippen LogP contribution in [-0.4, -0.2) is 15.0 Å². The van der Waals surface area contributed by atoms with Crippen molar-refractivity contribution in [2.45, 2.75) is 0 Å². The maximum Gasteiger partial charge on any atom is 0.113 e. The van der Waals surface area contributed by atoms with Gasteiger partial charge in [-0.15, -0.1) is 17.5 Å². The third-order valence-electron chi connectivity index (χ3n) is 2.86. The van der Waals surface area contributed by atoms with E-state index < -0.39 is 0 Å². The van der Waals surface area contributed by atoms with E-state index in [-0.39, 0.29) is 12.4 Å². The van der Waals surface area contributed by atoms with Crippen molar-refractivity contribution in [3.8, 4) is 16.9 Å². The molecule has 0 aliphatic heterocycles. The van der Waals surface area contributed by atoms with Gasteiger partial charge in [-0.3, -0.25) is 0 Å². The quantitative estimate of drug-likeness (QED) is 0.710. The van der Waals surface area contributed by atoms with Gasteiger partial charge in [0.25, 0.3) is 0 Å². The number of hydrogen-bond donors (Lipinski definition) is 2. The maximum atomic E-state index is 5.66. The molecular formula is C14H14ClN5. The van der Waals surface area contributed by atoms with Crippen LogP contribution >= 0.6 is 12.4 Å². The van der Waals surface area contributed by atoms with Crippen molar-refractivity contribution in [3.05, 3.63) is 54.7 Å². The van der Waals surface area contributed by atoms with Crippen LogP contribution in [0.4, 0.5) is 11.4 Å². The summed E-state index contributed by atoms with van der Waals surface area (Å²) >= 11 is 0. The van der Waals surface area contributed by atoms with Gasteiger partial charge in [-0.2, -0.15) is 0 Å². The highest BCUT2D eigenvalue weighted by atomic mass is 35.5. The zero-order chi connectivity index (χ0) is 13.2. The minimum Gasteiger partial charge on any atom is -0.399 e. The number of anilines is 2. The van der Waals surface area contributed by atoms with Crippen molar-refractivity contribution in [2.24, 2.45) is 0 Å². The summed E-state index contributed by atoms with van der Waals surface area (Å²) in [4.78, 5) is 0. The van der Waals surface area contributed by atoms with Crippen LogP contribution in [0.15, 0.2) is 54.7 Å². The molecule has 0 spiro atoms. The van der Waals surface area contributed by atoms with Gasteiger partial charge in [0.2, 0.25) is 0 Å². The zero-order valence-electron chi connectivity index (χ0n) is 10.6. The molecule has 6 heteroatoms. The normalized spacial score (nSPS) is 10.0. The molecule has 0 aliphatic carbocycles. The third kappa shape index (κ3) is 2.73. The van der Waals surface area contributed by atoms with Gasteiger partial charge in [-0.25, -0.2) is 4.68 Å². The predicted octanol–water partition coefficient (Wildman–Crippen LogP) is 2.52. The molecule has 0 aliphatic rings. The Kier molecular flexibility index (Phi) is 3.91. The second-order valence-corrected chi connectivity index (χ2v) is 4.26. The van der Waals surface area contributed by atoms with E-state index in [1.165, 1.54) is 0 Å². The Bertz CT molecular complexity index is 628. The van der Waals surface area contributed by atoms with Gasteiger partial charge >= 0.3 is 0 Å². The first kappa shape index (κ1) is 13.9. The van der Waals surface area contributed by atoms with Crippen LogP contribution in [0.1, 0.15) is 0 Å². The highest BCUT2D eigenvalue weighted by Gasteiger charge is 2.05. The lowest BCUT2D eigenvalue weighted by Crippen LogP contribution is -1.95. The van der Waals surface area contributed by atoms with Gasteiger partial charge in [0.15, 0.2) is 0 Å². The van der Waals surface area contributed by atoms with Crippen molar-refractivity contribution in [1.29, 1.82) is 0 Å². The van der Waals surface area contributed by atoms with E-state index in [0.29, 0.717) is 0 Å². The van der Waals surface area contributed by atoms with Crippen molar-refractivity contribution in [3.63, 3.8) is 0 Å². The number of nitrogens with zero attached hydrogens (tertiary/aromatic N) is 3. The van der Waals surface area contributed by atoms with Crippen LogP contribution < -0.4 is 11.5 Å². The Morgan fingerprint density at radius 2 is 1.35 bits per heavy atom. The van der Waals surface area contributed by atoms with Crippen molar-refractivity contribution < 1.29 is 0 Å². The summed E-state index contributed by atoms with van der Waals surface area (Å²) in [6.07, 6.45) is 1.87. The fourth-order valence-corrected chi connectivity index (χ4v) is 1.80. The number of nitrogens with two attached hydrogens (primary N) is 2. The van der Waals surface area contributed by atoms with Crippen LogP contribution in [0.3, 0.4) is 0 Å². The Hall–Kier alpha value is -2.53. The molecule has 1 aromatic heterocycles. The minimum atomic E-state index is 0. The molecule has 0 atom stereocenters. The van der Waals surface area contributed by atoms with E-state index in [0.717, 1.165) is 28.3 Å². The van der Waals surface area contributed by atoms with E-state index in [1.54, 1.807) is 4.68 Å². The number of halogens is 1. The SMILES string of the molecule is Cl.Nc1ccc(-c2cn(-c3ccc(N)cc3)nn2)cc1. The Labute approximate surface area is 122 Å². The lowest BCUT2D eigenvalue weighted by Gasteiger charge is -1.99. The predicted molar refractivity (Wildman–Crippen MR) is 82.9 cm³/mol. The molecular weight excluding hydrogens is 274 g/mol. The summed E-state index contributed by atoms with van der Waals surface area (Å²) in [5.74, 6) is 0. The van der Waals surface area contributed by atoms with E-state index in [2.05, 4.69) is 10.3 Å². The van der Waals surface area contributed by atoms with Gasteiger partial charge in [0.1, 0.15) is 5.69 Å². The molecule has 3 rings (SSSR count). The Balaban J connectivity index is 0.00000147. The van der Waals surface area contributed by atoms with Gasteiger partial charge < -0.3 is 11.5 Å². The van der Waals surface area contributed by atoms with Crippen LogP contribution in [0, 0.1) is 0 Å². The molecule has 0 saturated heterocycles. The second kappa shape index (κ2) is 5.63. The molecule has 0 saturated carbocycles. The lowest BCUT2D eigenvalue weighted by molar-refractivity contribution is 0.804. The molecule has 5 nitrogen and oxygen atoms in total. The number of nitrogen functional groups attached to an aromatic ring is 2. The lowest BCUT2D eigenvalue weighted by atomic mass is 10.1. The summed E-state index contributed by atoms with van der Waals surface area (Å²) in [6.45, 7) is 0. The summed E-state index contributed by atoms with van der Waals surface area (Å²) in [6, 6.07) is 15.0. The van der Waals surface area contributed by atoms with Gasteiger partial charge in [-0.1, -0.05) is 17.3 Å². The van der Waals surface area contributed by atoms with Crippen molar-refractivity contribution in [2.75, 3.05) is 11.5 Å². The van der Waals surface area contributed by atoms with Gasteiger partial charge in [-0.05, 0) is 36.4 Å². The van der Waals surface area contributed by atoms with E-state index in [4.69, 9.17) is 11.5 Å². The fourth-order valence-electron chi connectivity index (χ4n) is 1.80. The molecule has 0 fully saturated rings. The number of benzene rings is 2. The largest absolute Gasteiger partial charge is 0.399 e. The summed E-state index contributed by atoms with van der Waals surface area (Å²) in [5.41, 5.74) is 15.5. The molecule has 4 N–H and O–H groups in total. The van der Waals surface area contributed by atoms with E-state index in [9.17, 15) is 0 Å². The summed E-state index contributed by atoms with van der Waals surface area (Å²) in [5, 5.41) is 8.27. The standard InChI is InChI=1S/C14H13N5.ClH/c15-11-3-1-10(2-4-11)14-9-19(18-17-14)13-7-5-12(16)6-8-13;/h1-9H,15-16H2;1H. The topological polar surface area (TPSA) is 82.8 Å². The third-order valence-corrected chi connectivity index (χ3v) is 2.86. The first-order valence-corrected chi connectivity index (χ1v) is 5.86. The highest BCUT2D eigenvalue weighted by Crippen LogP contribution is 2.19. The molecule has 102 valence electrons. The Morgan fingerprint density at radius 1 is 0.800 bits per heavy atom. The molecule has 1 heterocycles. The zero-order valence-corrected chi connectivity index (χ0v) is 11.4. The number of aromatic nitrogens is 3. The molecule has 0 radical (unpaired) electrons. The summed E-state index contributed by atoms with van der Waals surface area (Å²) in [7, 11) is 0.